The van der Waals surface area contributed by atoms with Crippen LogP contribution in [-0.4, -0.2) is 18.2 Å². The zero-order valence-electron chi connectivity index (χ0n) is 5.08. The van der Waals surface area contributed by atoms with Gasteiger partial charge in [-0.1, -0.05) is 0 Å². The summed E-state index contributed by atoms with van der Waals surface area (Å²) in [4.78, 5) is 0. The van der Waals surface area contributed by atoms with Crippen LogP contribution in [0.25, 0.3) is 0 Å². The first-order chi connectivity index (χ1) is 2.00. The van der Waals surface area contributed by atoms with E-state index in [1.165, 1.54) is 0 Å². The zero-order valence-corrected chi connectivity index (χ0v) is 14.4. The van der Waals surface area contributed by atoms with Crippen LogP contribution in [-0.2, 0) is 12.7 Å². The molecule has 0 unspecified atom stereocenters. The van der Waals surface area contributed by atoms with Gasteiger partial charge in [-0.3, -0.25) is 0 Å². The van der Waals surface area contributed by atoms with Gasteiger partial charge in [-0.15, -0.1) is 0 Å². The monoisotopic (exact) mass is 270 g/mol. The van der Waals surface area contributed by atoms with Crippen LogP contribution in [0.3, 0.4) is 0 Å². The third kappa shape index (κ3) is 51.7. The Bertz CT molecular complexity index is 60.7. The molecule has 0 N–H and O–H groups in total. The zero-order chi connectivity index (χ0) is 4.50. The quantitative estimate of drug-likeness (QED) is 0.324. The van der Waals surface area contributed by atoms with E-state index < -0.39 is 18.2 Å². The van der Waals surface area contributed by atoms with E-state index in [1.807, 2.05) is 0 Å². The molecule has 32 valence electrons. The molecular formula is Na3O3SSb. The van der Waals surface area contributed by atoms with Crippen LogP contribution in [0.1, 0.15) is 0 Å². The van der Waals surface area contributed by atoms with Crippen LogP contribution in [0.15, 0.2) is 0 Å². The van der Waals surface area contributed by atoms with Crippen molar-refractivity contribution < 1.29 is 98.5 Å². The van der Waals surface area contributed by atoms with E-state index in [1.54, 1.807) is 0 Å². The Morgan fingerprint density at radius 2 is 1.12 bits per heavy atom. The van der Waals surface area contributed by atoms with Gasteiger partial charge < -0.3 is 0 Å². The van der Waals surface area contributed by atoms with E-state index in [-0.39, 0.29) is 88.7 Å². The molecule has 0 aromatic rings. The maximum absolute atomic E-state index is 9.01. The first-order valence-electron chi connectivity index (χ1n) is 0.730. The average Bonchev–Trinajstić information content (AvgIpc) is 0.722. The van der Waals surface area contributed by atoms with E-state index in [2.05, 4.69) is 9.72 Å². The first kappa shape index (κ1) is 22.7. The second-order valence-electron chi connectivity index (χ2n) is 0.447. The Kier molecular flexibility index (Phi) is 30.8. The van der Waals surface area contributed by atoms with Crippen molar-refractivity contribution >= 4 is 27.9 Å². The second kappa shape index (κ2) is 10.9. The van der Waals surface area contributed by atoms with Gasteiger partial charge in [-0.2, -0.15) is 0 Å². The van der Waals surface area contributed by atoms with Crippen molar-refractivity contribution in [2.75, 3.05) is 0 Å². The predicted molar refractivity (Wildman–Crippen MR) is 13.8 cm³/mol. The van der Waals surface area contributed by atoms with Crippen molar-refractivity contribution in [3.05, 3.63) is 0 Å². The van der Waals surface area contributed by atoms with E-state index in [0.29, 0.717) is 0 Å². The van der Waals surface area contributed by atoms with Crippen molar-refractivity contribution in [1.82, 2.24) is 0 Å². The van der Waals surface area contributed by atoms with Crippen LogP contribution >= 0.6 is 0 Å². The third-order valence-corrected chi connectivity index (χ3v) is 0. The molecule has 0 fully saturated rings. The van der Waals surface area contributed by atoms with E-state index in [9.17, 15) is 0 Å². The molecule has 8 heavy (non-hydrogen) atoms. The fourth-order valence-corrected chi connectivity index (χ4v) is 0. The van der Waals surface area contributed by atoms with Gasteiger partial charge in [0.15, 0.2) is 0 Å². The van der Waals surface area contributed by atoms with Gasteiger partial charge in [0.2, 0.25) is 0 Å². The Hall–Kier alpha value is 3.89. The van der Waals surface area contributed by atoms with E-state index >= 15 is 0 Å². The van der Waals surface area contributed by atoms with Gasteiger partial charge >= 0.3 is 126 Å². The minimum atomic E-state index is -5.27. The summed E-state index contributed by atoms with van der Waals surface area (Å²) in [6.07, 6.45) is 0. The molecule has 0 bridgehead atoms. The van der Waals surface area contributed by atoms with Crippen LogP contribution in [0.2, 0.25) is 0 Å². The minimum absolute atomic E-state index is 0. The average molecular weight is 271 g/mol. The predicted octanol–water partition coefficient (Wildman–Crippen LogP) is -11.9. The Morgan fingerprint density at radius 3 is 1.12 bits per heavy atom. The normalized spacial score (nSPS) is 7.38. The molecule has 0 saturated heterocycles. The van der Waals surface area contributed by atoms with Crippen molar-refractivity contribution in [3.8, 4) is 0 Å². The molecule has 8 heteroatoms. The van der Waals surface area contributed by atoms with Gasteiger partial charge in [0.25, 0.3) is 0 Å². The van der Waals surface area contributed by atoms with Crippen molar-refractivity contribution in [3.63, 3.8) is 0 Å². The standard InChI is InChI=1S/3Na.3O.S.Sb/q3*+1;;3*-1;. The van der Waals surface area contributed by atoms with Crippen molar-refractivity contribution in [2.24, 2.45) is 0 Å². The molecule has 0 aliphatic rings. The molecule has 0 amide bonds. The Morgan fingerprint density at radius 1 is 1.12 bits per heavy atom. The second-order valence-corrected chi connectivity index (χ2v) is 6.00. The summed E-state index contributed by atoms with van der Waals surface area (Å²) in [6.45, 7) is 0. The SMILES string of the molecule is [Na+].[Na+].[Na+].[O]=[Sb]([O-])([O-])[S-]. The van der Waals surface area contributed by atoms with Gasteiger partial charge in [-0.25, -0.2) is 0 Å². The summed E-state index contributed by atoms with van der Waals surface area (Å²) in [6, 6.07) is 0. The van der Waals surface area contributed by atoms with Gasteiger partial charge in [-0.05, 0) is 0 Å². The summed E-state index contributed by atoms with van der Waals surface area (Å²) in [5.74, 6) is 0. The molecule has 0 aliphatic heterocycles. The summed E-state index contributed by atoms with van der Waals surface area (Å²) >= 11 is -5.27. The summed E-state index contributed by atoms with van der Waals surface area (Å²) in [5, 5.41) is 0. The van der Waals surface area contributed by atoms with Crippen LogP contribution in [0.5, 0.6) is 0 Å². The summed E-state index contributed by atoms with van der Waals surface area (Å²) in [7, 11) is 3.36. The molecule has 0 aromatic carbocycles. The molecular weight excluding hydrogens is 271 g/mol. The molecule has 0 radical (unpaired) electrons. The topological polar surface area (TPSA) is 63.2 Å². The van der Waals surface area contributed by atoms with Crippen molar-refractivity contribution in [2.45, 2.75) is 0 Å². The number of hydrogen-bond acceptors (Lipinski definition) is 4. The van der Waals surface area contributed by atoms with Crippen molar-refractivity contribution in [1.29, 1.82) is 0 Å². The molecule has 0 heterocycles. The molecule has 0 saturated carbocycles. The van der Waals surface area contributed by atoms with Crippen LogP contribution < -0.4 is 95.4 Å². The van der Waals surface area contributed by atoms with Gasteiger partial charge in [0, 0.05) is 0 Å². The molecule has 0 spiro atoms. The summed E-state index contributed by atoms with van der Waals surface area (Å²) in [5.41, 5.74) is 0. The Balaban J connectivity index is -0.0000000267. The molecule has 0 atom stereocenters. The fraction of sp³-hybridized carbons (Fsp3) is 0. The molecule has 3 nitrogen and oxygen atoms in total. The third-order valence-electron chi connectivity index (χ3n) is 0. The molecule has 0 aliphatic carbocycles. The molecule has 0 rings (SSSR count). The first-order valence-corrected chi connectivity index (χ1v) is 7.35. The maximum atomic E-state index is 9.01. The summed E-state index contributed by atoms with van der Waals surface area (Å²) < 4.78 is 27.0. The number of hydrogen-bond donors (Lipinski definition) is 0. The van der Waals surface area contributed by atoms with E-state index in [0.717, 1.165) is 0 Å². The van der Waals surface area contributed by atoms with E-state index in [4.69, 9.17) is 9.79 Å². The Labute approximate surface area is 123 Å². The van der Waals surface area contributed by atoms with Gasteiger partial charge in [0.1, 0.15) is 0 Å². The van der Waals surface area contributed by atoms with Crippen LogP contribution in [0.4, 0.5) is 0 Å². The van der Waals surface area contributed by atoms with Gasteiger partial charge in [0.05, 0.1) is 0 Å². The molecule has 0 aromatic heterocycles. The number of rotatable bonds is 0. The van der Waals surface area contributed by atoms with Crippen LogP contribution in [0, 0.1) is 0 Å². The fourth-order valence-electron chi connectivity index (χ4n) is 0.